The van der Waals surface area contributed by atoms with Gasteiger partial charge in [-0.05, 0) is 56.2 Å². The highest BCUT2D eigenvalue weighted by Crippen LogP contribution is 2.42. The standard InChI is InChI=1S/C26H24BrN3O6/c1-2-35-26(34)29-11-8-17(9-12-29)30-22(18-5-3-4-10-28-18)21(24(32)25(30)33)23(31)20-14-15-13-16(27)6-7-19(15)36-20/h3-7,10,13-14,17,22,32H,2,8-9,11-12H2,1H3. The zero-order valence-corrected chi connectivity index (χ0v) is 21.1. The first-order valence-corrected chi connectivity index (χ1v) is 12.5. The third-order valence-corrected chi connectivity index (χ3v) is 7.04. The van der Waals surface area contributed by atoms with Crippen molar-refractivity contribution in [1.29, 1.82) is 0 Å². The van der Waals surface area contributed by atoms with E-state index >= 15 is 0 Å². The number of fused-ring (bicyclic) bond motifs is 1. The lowest BCUT2D eigenvalue weighted by molar-refractivity contribution is -0.132. The SMILES string of the molecule is CCOC(=O)N1CCC(N2C(=O)C(O)=C(C(=O)c3cc4cc(Br)ccc4o3)C2c2ccccn2)CC1. The number of hydrogen-bond acceptors (Lipinski definition) is 7. The fourth-order valence-corrected chi connectivity index (χ4v) is 5.24. The van der Waals surface area contributed by atoms with Crippen molar-refractivity contribution < 1.29 is 28.6 Å². The summed E-state index contributed by atoms with van der Waals surface area (Å²) >= 11 is 3.41. The minimum absolute atomic E-state index is 0.0253. The molecule has 1 aromatic carbocycles. The highest BCUT2D eigenvalue weighted by molar-refractivity contribution is 9.10. The van der Waals surface area contributed by atoms with Gasteiger partial charge in [0.05, 0.1) is 17.9 Å². The van der Waals surface area contributed by atoms with Crippen molar-refractivity contribution >= 4 is 44.7 Å². The highest BCUT2D eigenvalue weighted by Gasteiger charge is 2.48. The second-order valence-electron chi connectivity index (χ2n) is 8.67. The number of ketones is 1. The normalized spacial score (nSPS) is 18.8. The quantitative estimate of drug-likeness (QED) is 0.452. The number of Topliss-reactive ketones (excluding diaryl/α,β-unsaturated/α-hetero) is 1. The van der Waals surface area contributed by atoms with Gasteiger partial charge in [0.15, 0.2) is 11.5 Å². The molecular weight excluding hydrogens is 530 g/mol. The summed E-state index contributed by atoms with van der Waals surface area (Å²) < 4.78 is 11.7. The number of aliphatic hydroxyl groups is 1. The van der Waals surface area contributed by atoms with E-state index in [9.17, 15) is 19.5 Å². The number of ether oxygens (including phenoxy) is 1. The van der Waals surface area contributed by atoms with Crippen LogP contribution in [0.1, 0.15) is 42.1 Å². The van der Waals surface area contributed by atoms with Gasteiger partial charge in [-0.2, -0.15) is 0 Å². The number of aromatic nitrogens is 1. The molecule has 2 aliphatic heterocycles. The molecule has 1 N–H and O–H groups in total. The van der Waals surface area contributed by atoms with Gasteiger partial charge in [-0.25, -0.2) is 4.79 Å². The molecule has 0 bridgehead atoms. The molecule has 1 atom stereocenters. The Morgan fingerprint density at radius 3 is 2.67 bits per heavy atom. The van der Waals surface area contributed by atoms with E-state index in [0.29, 0.717) is 37.2 Å². The van der Waals surface area contributed by atoms with E-state index in [2.05, 4.69) is 20.9 Å². The zero-order chi connectivity index (χ0) is 25.4. The van der Waals surface area contributed by atoms with Crippen molar-refractivity contribution in [2.24, 2.45) is 0 Å². The van der Waals surface area contributed by atoms with Gasteiger partial charge in [0, 0.05) is 35.2 Å². The number of benzene rings is 1. The first-order valence-electron chi connectivity index (χ1n) is 11.7. The molecule has 0 aliphatic carbocycles. The minimum Gasteiger partial charge on any atom is -0.503 e. The van der Waals surface area contributed by atoms with Crippen LogP contribution >= 0.6 is 15.9 Å². The van der Waals surface area contributed by atoms with Gasteiger partial charge in [0.25, 0.3) is 5.91 Å². The fourth-order valence-electron chi connectivity index (χ4n) is 4.86. The molecule has 9 nitrogen and oxygen atoms in total. The predicted octanol–water partition coefficient (Wildman–Crippen LogP) is 4.79. The largest absolute Gasteiger partial charge is 0.503 e. The van der Waals surface area contributed by atoms with Crippen LogP contribution in [0.2, 0.25) is 0 Å². The van der Waals surface area contributed by atoms with Gasteiger partial charge in [-0.15, -0.1) is 0 Å². The molecule has 1 unspecified atom stereocenters. The van der Waals surface area contributed by atoms with Crippen molar-refractivity contribution in [3.8, 4) is 0 Å². The first-order chi connectivity index (χ1) is 17.4. The average Bonchev–Trinajstić information content (AvgIpc) is 3.43. The Bertz CT molecular complexity index is 1360. The number of likely N-dealkylation sites (tertiary alicyclic amines) is 1. The molecule has 186 valence electrons. The van der Waals surface area contributed by atoms with Crippen LogP contribution in [0.5, 0.6) is 0 Å². The molecule has 2 aliphatic rings. The Balaban J connectivity index is 1.49. The number of furan rings is 1. The van der Waals surface area contributed by atoms with E-state index in [1.54, 1.807) is 54.4 Å². The van der Waals surface area contributed by atoms with Crippen molar-refractivity contribution in [3.05, 3.63) is 75.9 Å². The molecule has 5 rings (SSSR count). The van der Waals surface area contributed by atoms with Crippen LogP contribution in [-0.2, 0) is 9.53 Å². The van der Waals surface area contributed by atoms with Crippen LogP contribution in [0.4, 0.5) is 4.79 Å². The van der Waals surface area contributed by atoms with Crippen LogP contribution < -0.4 is 0 Å². The Hall–Kier alpha value is -3.66. The summed E-state index contributed by atoms with van der Waals surface area (Å²) in [6, 6.07) is 11.0. The van der Waals surface area contributed by atoms with Gasteiger partial charge >= 0.3 is 6.09 Å². The summed E-state index contributed by atoms with van der Waals surface area (Å²) in [5.74, 6) is -1.79. The summed E-state index contributed by atoms with van der Waals surface area (Å²) in [5.41, 5.74) is 0.915. The number of hydrogen-bond donors (Lipinski definition) is 1. The zero-order valence-electron chi connectivity index (χ0n) is 19.5. The van der Waals surface area contributed by atoms with Crippen molar-refractivity contribution in [2.45, 2.75) is 31.8 Å². The molecule has 3 aromatic rings. The number of rotatable bonds is 5. The molecule has 36 heavy (non-hydrogen) atoms. The molecule has 1 fully saturated rings. The molecule has 10 heteroatoms. The van der Waals surface area contributed by atoms with Crippen LogP contribution in [0.25, 0.3) is 11.0 Å². The van der Waals surface area contributed by atoms with E-state index in [1.807, 2.05) is 6.07 Å². The molecule has 2 amide bonds. The van der Waals surface area contributed by atoms with Crippen LogP contribution in [-0.4, -0.2) is 63.4 Å². The maximum absolute atomic E-state index is 13.7. The first kappa shape index (κ1) is 24.1. The Morgan fingerprint density at radius 2 is 1.97 bits per heavy atom. The molecule has 2 aromatic heterocycles. The molecule has 1 saturated heterocycles. The monoisotopic (exact) mass is 553 g/mol. The third-order valence-electron chi connectivity index (χ3n) is 6.54. The summed E-state index contributed by atoms with van der Waals surface area (Å²) in [7, 11) is 0. The lowest BCUT2D eigenvalue weighted by Crippen LogP contribution is -2.48. The average molecular weight is 554 g/mol. The van der Waals surface area contributed by atoms with E-state index in [1.165, 1.54) is 4.90 Å². The van der Waals surface area contributed by atoms with E-state index < -0.39 is 29.6 Å². The van der Waals surface area contributed by atoms with Gasteiger partial charge in [-0.3, -0.25) is 14.6 Å². The summed E-state index contributed by atoms with van der Waals surface area (Å²) in [4.78, 5) is 46.7. The maximum atomic E-state index is 13.7. The van der Waals surface area contributed by atoms with Crippen molar-refractivity contribution in [3.63, 3.8) is 0 Å². The van der Waals surface area contributed by atoms with Crippen LogP contribution in [0.15, 0.2) is 68.9 Å². The Labute approximate surface area is 215 Å². The second-order valence-corrected chi connectivity index (χ2v) is 9.59. The Kier molecular flexibility index (Phi) is 6.53. The third kappa shape index (κ3) is 4.26. The number of carbonyl (C=O) groups is 3. The number of amides is 2. The number of carbonyl (C=O) groups excluding carboxylic acids is 3. The van der Waals surface area contributed by atoms with Crippen molar-refractivity contribution in [1.82, 2.24) is 14.8 Å². The fraction of sp³-hybridized carbons (Fsp3) is 0.308. The smallest absolute Gasteiger partial charge is 0.409 e. The van der Waals surface area contributed by atoms with E-state index in [-0.39, 0.29) is 24.0 Å². The number of aliphatic hydroxyl groups excluding tert-OH is 1. The number of piperidine rings is 1. The molecule has 0 saturated carbocycles. The number of nitrogens with zero attached hydrogens (tertiary/aromatic N) is 3. The summed E-state index contributed by atoms with van der Waals surface area (Å²) in [6.07, 6.45) is 2.14. The van der Waals surface area contributed by atoms with Gasteiger partial charge in [-0.1, -0.05) is 22.0 Å². The second kappa shape index (κ2) is 9.77. The summed E-state index contributed by atoms with van der Waals surface area (Å²) in [6.45, 7) is 2.82. The predicted molar refractivity (Wildman–Crippen MR) is 133 cm³/mol. The number of halogens is 1. The molecule has 4 heterocycles. The van der Waals surface area contributed by atoms with E-state index in [0.717, 1.165) is 9.86 Å². The molecular formula is C26H24BrN3O6. The minimum atomic E-state index is -0.884. The lowest BCUT2D eigenvalue weighted by atomic mass is 9.95. The van der Waals surface area contributed by atoms with Gasteiger partial charge in [0.1, 0.15) is 11.6 Å². The topological polar surface area (TPSA) is 113 Å². The summed E-state index contributed by atoms with van der Waals surface area (Å²) in [5, 5.41) is 11.7. The molecule has 0 spiro atoms. The van der Waals surface area contributed by atoms with E-state index in [4.69, 9.17) is 9.15 Å². The maximum Gasteiger partial charge on any atom is 0.409 e. The highest BCUT2D eigenvalue weighted by atomic mass is 79.9. The van der Waals surface area contributed by atoms with Gasteiger partial charge < -0.3 is 24.1 Å². The van der Waals surface area contributed by atoms with Crippen LogP contribution in [0.3, 0.4) is 0 Å². The van der Waals surface area contributed by atoms with Gasteiger partial charge in [0.2, 0.25) is 5.78 Å². The Morgan fingerprint density at radius 1 is 1.19 bits per heavy atom. The lowest BCUT2D eigenvalue weighted by Gasteiger charge is -2.39. The number of pyridine rings is 1. The van der Waals surface area contributed by atoms with Crippen molar-refractivity contribution in [2.75, 3.05) is 19.7 Å². The molecule has 0 radical (unpaired) electrons. The van der Waals surface area contributed by atoms with Crippen LogP contribution in [0, 0.1) is 0 Å².